The van der Waals surface area contributed by atoms with Crippen LogP contribution in [0.2, 0.25) is 0 Å². The van der Waals surface area contributed by atoms with Gasteiger partial charge in [-0.25, -0.2) is 9.82 Å². The number of hydrogen-bond donors (Lipinski definition) is 1. The Hall–Kier alpha value is -3.67. The van der Waals surface area contributed by atoms with E-state index < -0.39 is 5.91 Å². The summed E-state index contributed by atoms with van der Waals surface area (Å²) in [5.74, 6) is 0.442. The molecule has 0 saturated carbocycles. The van der Waals surface area contributed by atoms with E-state index in [0.717, 1.165) is 10.9 Å². The molecule has 0 fully saturated rings. The number of furan rings is 2. The normalized spacial score (nSPS) is 11.3. The number of nitrogens with zero attached hydrogens (tertiary/aromatic N) is 1. The van der Waals surface area contributed by atoms with Crippen molar-refractivity contribution in [1.29, 1.82) is 0 Å². The van der Waals surface area contributed by atoms with Crippen LogP contribution in [0.5, 0.6) is 0 Å². The van der Waals surface area contributed by atoms with Gasteiger partial charge in [0, 0.05) is 10.9 Å². The highest BCUT2D eigenvalue weighted by Gasteiger charge is 2.11. The van der Waals surface area contributed by atoms with E-state index in [4.69, 9.17) is 8.83 Å². The Bertz CT molecular complexity index is 1060. The van der Waals surface area contributed by atoms with Crippen LogP contribution in [-0.2, 0) is 0 Å². The number of rotatable bonds is 4. The molecule has 2 aromatic heterocycles. The SMILES string of the molecule is O=C(N/N=C/c1ccc(-c2ccc(F)cc2)o1)c1cc2ccccc2o1. The van der Waals surface area contributed by atoms with Crippen molar-refractivity contribution in [3.63, 3.8) is 0 Å². The van der Waals surface area contributed by atoms with Crippen LogP contribution in [0.1, 0.15) is 16.3 Å². The van der Waals surface area contributed by atoms with Gasteiger partial charge < -0.3 is 8.83 Å². The van der Waals surface area contributed by atoms with Crippen LogP contribution in [0.3, 0.4) is 0 Å². The molecule has 2 aromatic carbocycles. The van der Waals surface area contributed by atoms with Crippen LogP contribution in [0, 0.1) is 5.82 Å². The molecule has 1 amide bonds. The fourth-order valence-electron chi connectivity index (χ4n) is 2.49. The fraction of sp³-hybridized carbons (Fsp3) is 0. The Kier molecular flexibility index (Phi) is 4.07. The fourth-order valence-corrected chi connectivity index (χ4v) is 2.49. The summed E-state index contributed by atoms with van der Waals surface area (Å²) in [6.45, 7) is 0. The lowest BCUT2D eigenvalue weighted by atomic mass is 10.2. The Morgan fingerprint density at radius 3 is 2.62 bits per heavy atom. The van der Waals surface area contributed by atoms with E-state index in [9.17, 15) is 9.18 Å². The molecular formula is C20H13FN2O3. The Morgan fingerprint density at radius 1 is 1.00 bits per heavy atom. The molecule has 0 aliphatic heterocycles. The van der Waals surface area contributed by atoms with E-state index in [1.807, 2.05) is 18.2 Å². The van der Waals surface area contributed by atoms with Crippen molar-refractivity contribution in [2.24, 2.45) is 5.10 Å². The zero-order valence-electron chi connectivity index (χ0n) is 13.5. The molecule has 0 saturated heterocycles. The number of carbonyl (C=O) groups excluding carboxylic acids is 1. The summed E-state index contributed by atoms with van der Waals surface area (Å²) in [4.78, 5) is 12.1. The average Bonchev–Trinajstić information content (AvgIpc) is 3.29. The minimum atomic E-state index is -0.456. The summed E-state index contributed by atoms with van der Waals surface area (Å²) < 4.78 is 24.0. The van der Waals surface area contributed by atoms with Crippen LogP contribution in [-0.4, -0.2) is 12.1 Å². The van der Waals surface area contributed by atoms with Crippen LogP contribution in [0.4, 0.5) is 4.39 Å². The van der Waals surface area contributed by atoms with Gasteiger partial charge >= 0.3 is 5.91 Å². The van der Waals surface area contributed by atoms with Crippen LogP contribution < -0.4 is 5.43 Å². The lowest BCUT2D eigenvalue weighted by Gasteiger charge is -1.96. The lowest BCUT2D eigenvalue weighted by molar-refractivity contribution is 0.0929. The summed E-state index contributed by atoms with van der Waals surface area (Å²) in [5, 5.41) is 4.71. The molecule has 128 valence electrons. The number of halogens is 1. The first kappa shape index (κ1) is 15.8. The van der Waals surface area contributed by atoms with Gasteiger partial charge in [0.05, 0.1) is 6.21 Å². The van der Waals surface area contributed by atoms with Crippen molar-refractivity contribution in [3.8, 4) is 11.3 Å². The predicted octanol–water partition coefficient (Wildman–Crippen LogP) is 4.60. The average molecular weight is 348 g/mol. The van der Waals surface area contributed by atoms with E-state index >= 15 is 0 Å². The number of carbonyl (C=O) groups is 1. The molecule has 2 heterocycles. The number of fused-ring (bicyclic) bond motifs is 1. The van der Waals surface area contributed by atoms with Crippen molar-refractivity contribution in [1.82, 2.24) is 5.43 Å². The van der Waals surface area contributed by atoms with Gasteiger partial charge in [-0.05, 0) is 48.5 Å². The predicted molar refractivity (Wildman–Crippen MR) is 95.4 cm³/mol. The molecule has 0 aliphatic rings. The second-order valence-corrected chi connectivity index (χ2v) is 5.56. The summed E-state index contributed by atoms with van der Waals surface area (Å²) in [6.07, 6.45) is 1.38. The van der Waals surface area contributed by atoms with Gasteiger partial charge in [-0.15, -0.1) is 0 Å². The molecule has 5 nitrogen and oxygen atoms in total. The molecule has 0 bridgehead atoms. The molecular weight excluding hydrogens is 335 g/mol. The lowest BCUT2D eigenvalue weighted by Crippen LogP contribution is -2.16. The van der Waals surface area contributed by atoms with Crippen LogP contribution in [0.25, 0.3) is 22.3 Å². The number of hydrazone groups is 1. The highest BCUT2D eigenvalue weighted by atomic mass is 19.1. The van der Waals surface area contributed by atoms with Crippen molar-refractivity contribution < 1.29 is 18.0 Å². The van der Waals surface area contributed by atoms with Gasteiger partial charge in [0.15, 0.2) is 5.76 Å². The molecule has 6 heteroatoms. The van der Waals surface area contributed by atoms with E-state index in [0.29, 0.717) is 17.1 Å². The van der Waals surface area contributed by atoms with Crippen molar-refractivity contribution in [2.45, 2.75) is 0 Å². The number of nitrogens with one attached hydrogen (secondary N) is 1. The summed E-state index contributed by atoms with van der Waals surface area (Å²) in [6, 6.07) is 18.4. The minimum Gasteiger partial charge on any atom is -0.455 e. The van der Waals surface area contributed by atoms with E-state index in [2.05, 4.69) is 10.5 Å². The summed E-state index contributed by atoms with van der Waals surface area (Å²) in [7, 11) is 0. The first-order valence-electron chi connectivity index (χ1n) is 7.87. The molecule has 4 aromatic rings. The number of para-hydroxylation sites is 1. The zero-order chi connectivity index (χ0) is 17.9. The molecule has 0 spiro atoms. The standard InChI is InChI=1S/C20H13FN2O3/c21-15-7-5-13(6-8-15)18-10-9-16(25-18)12-22-23-20(24)19-11-14-3-1-2-4-17(14)26-19/h1-12H,(H,23,24)/b22-12+. The third-order valence-electron chi connectivity index (χ3n) is 3.76. The first-order chi connectivity index (χ1) is 12.7. The number of benzene rings is 2. The van der Waals surface area contributed by atoms with Gasteiger partial charge in [-0.2, -0.15) is 5.10 Å². The molecule has 26 heavy (non-hydrogen) atoms. The van der Waals surface area contributed by atoms with Gasteiger partial charge in [-0.1, -0.05) is 18.2 Å². The van der Waals surface area contributed by atoms with Crippen molar-refractivity contribution in [3.05, 3.63) is 84.1 Å². The minimum absolute atomic E-state index is 0.176. The van der Waals surface area contributed by atoms with Gasteiger partial charge in [0.2, 0.25) is 0 Å². The Morgan fingerprint density at radius 2 is 1.81 bits per heavy atom. The van der Waals surface area contributed by atoms with Crippen LogP contribution in [0.15, 0.2) is 80.7 Å². The van der Waals surface area contributed by atoms with E-state index in [1.165, 1.54) is 18.3 Å². The third kappa shape index (κ3) is 3.25. The smallest absolute Gasteiger partial charge is 0.307 e. The molecule has 4 rings (SSSR count). The maximum Gasteiger partial charge on any atom is 0.307 e. The summed E-state index contributed by atoms with van der Waals surface area (Å²) in [5.41, 5.74) is 3.78. The van der Waals surface area contributed by atoms with Crippen LogP contribution >= 0.6 is 0 Å². The largest absolute Gasteiger partial charge is 0.455 e. The topological polar surface area (TPSA) is 67.7 Å². The third-order valence-corrected chi connectivity index (χ3v) is 3.76. The zero-order valence-corrected chi connectivity index (χ0v) is 13.5. The first-order valence-corrected chi connectivity index (χ1v) is 7.87. The van der Waals surface area contributed by atoms with Crippen molar-refractivity contribution in [2.75, 3.05) is 0 Å². The van der Waals surface area contributed by atoms with Crippen molar-refractivity contribution >= 4 is 23.1 Å². The van der Waals surface area contributed by atoms with Gasteiger partial charge in [-0.3, -0.25) is 4.79 Å². The van der Waals surface area contributed by atoms with E-state index in [-0.39, 0.29) is 11.6 Å². The Labute approximate surface area is 147 Å². The second-order valence-electron chi connectivity index (χ2n) is 5.56. The monoisotopic (exact) mass is 348 g/mol. The molecule has 0 radical (unpaired) electrons. The maximum absolute atomic E-state index is 13.0. The van der Waals surface area contributed by atoms with Gasteiger partial charge in [0.25, 0.3) is 0 Å². The summed E-state index contributed by atoms with van der Waals surface area (Å²) >= 11 is 0. The number of amides is 1. The highest BCUT2D eigenvalue weighted by Crippen LogP contribution is 2.22. The molecule has 0 unspecified atom stereocenters. The highest BCUT2D eigenvalue weighted by molar-refractivity contribution is 5.96. The van der Waals surface area contributed by atoms with E-state index in [1.54, 1.807) is 36.4 Å². The maximum atomic E-state index is 13.0. The Balaban J connectivity index is 1.43. The quantitative estimate of drug-likeness (QED) is 0.433. The number of hydrogen-bond acceptors (Lipinski definition) is 4. The van der Waals surface area contributed by atoms with Gasteiger partial charge in [0.1, 0.15) is 22.9 Å². The molecule has 0 atom stereocenters. The molecule has 0 aliphatic carbocycles. The molecule has 1 N–H and O–H groups in total. The second kappa shape index (κ2) is 6.68.